The fourth-order valence-electron chi connectivity index (χ4n) is 2.88. The van der Waals surface area contributed by atoms with E-state index in [1.165, 1.54) is 12.8 Å². The SMILES string of the molecule is Cc1cn2nc(NCc3cccnc3OC3CCCC3)sc2n1. The number of imidazole rings is 1. The molecule has 0 bridgehead atoms. The number of fused-ring (bicyclic) bond motifs is 1. The molecule has 7 heteroatoms. The first-order valence-corrected chi connectivity index (χ1v) is 8.77. The van der Waals surface area contributed by atoms with Gasteiger partial charge in [-0.15, -0.1) is 5.10 Å². The van der Waals surface area contributed by atoms with Gasteiger partial charge in [0.15, 0.2) is 0 Å². The third-order valence-corrected chi connectivity index (χ3v) is 4.90. The summed E-state index contributed by atoms with van der Waals surface area (Å²) in [5.41, 5.74) is 2.04. The molecule has 0 unspecified atom stereocenters. The first-order valence-electron chi connectivity index (χ1n) is 7.95. The number of hydrogen-bond donors (Lipinski definition) is 1. The average Bonchev–Trinajstić information content (AvgIpc) is 3.23. The second-order valence-electron chi connectivity index (χ2n) is 5.86. The summed E-state index contributed by atoms with van der Waals surface area (Å²) >= 11 is 1.54. The third-order valence-electron chi connectivity index (χ3n) is 4.02. The molecule has 0 amide bonds. The Morgan fingerprint density at radius 2 is 2.26 bits per heavy atom. The van der Waals surface area contributed by atoms with Crippen molar-refractivity contribution in [2.45, 2.75) is 45.3 Å². The largest absolute Gasteiger partial charge is 0.474 e. The number of anilines is 1. The van der Waals surface area contributed by atoms with Gasteiger partial charge in [0.2, 0.25) is 16.0 Å². The molecule has 1 aliphatic rings. The van der Waals surface area contributed by atoms with Gasteiger partial charge >= 0.3 is 0 Å². The van der Waals surface area contributed by atoms with E-state index in [2.05, 4.69) is 20.4 Å². The predicted molar refractivity (Wildman–Crippen MR) is 90.0 cm³/mol. The molecule has 1 N–H and O–H groups in total. The zero-order valence-corrected chi connectivity index (χ0v) is 13.8. The molecule has 4 rings (SSSR count). The van der Waals surface area contributed by atoms with Crippen molar-refractivity contribution >= 4 is 21.4 Å². The molecular formula is C16H19N5OS. The number of aryl methyl sites for hydroxylation is 1. The number of ether oxygens (including phenoxy) is 1. The van der Waals surface area contributed by atoms with E-state index in [9.17, 15) is 0 Å². The van der Waals surface area contributed by atoms with Crippen LogP contribution in [0.2, 0.25) is 0 Å². The van der Waals surface area contributed by atoms with E-state index in [1.54, 1.807) is 17.5 Å². The molecule has 3 aromatic heterocycles. The standard InChI is InChI=1S/C16H19N5OS/c1-11-10-21-16(19-11)23-15(20-21)18-9-12-5-4-8-17-14(12)22-13-6-2-3-7-13/h4-5,8,10,13H,2-3,6-7,9H2,1H3,(H,18,20). The number of hydrogen-bond acceptors (Lipinski definition) is 6. The first kappa shape index (κ1) is 14.4. The molecule has 1 aliphatic carbocycles. The van der Waals surface area contributed by atoms with Gasteiger partial charge in [-0.2, -0.15) is 0 Å². The van der Waals surface area contributed by atoms with E-state index in [4.69, 9.17) is 4.74 Å². The number of pyridine rings is 1. The van der Waals surface area contributed by atoms with Gasteiger partial charge in [0.05, 0.1) is 11.9 Å². The van der Waals surface area contributed by atoms with Crippen molar-refractivity contribution < 1.29 is 4.74 Å². The van der Waals surface area contributed by atoms with Gasteiger partial charge in [-0.25, -0.2) is 14.5 Å². The van der Waals surface area contributed by atoms with Crippen molar-refractivity contribution in [3.8, 4) is 5.88 Å². The maximum atomic E-state index is 6.07. The highest BCUT2D eigenvalue weighted by Crippen LogP contribution is 2.26. The van der Waals surface area contributed by atoms with Crippen LogP contribution in [0.1, 0.15) is 36.9 Å². The van der Waals surface area contributed by atoms with Gasteiger partial charge < -0.3 is 10.1 Å². The average molecular weight is 329 g/mol. The van der Waals surface area contributed by atoms with Gasteiger partial charge in [0.25, 0.3) is 0 Å². The third kappa shape index (κ3) is 3.14. The minimum atomic E-state index is 0.315. The summed E-state index contributed by atoms with van der Waals surface area (Å²) in [7, 11) is 0. The lowest BCUT2D eigenvalue weighted by atomic mass is 10.2. The molecule has 1 fully saturated rings. The van der Waals surface area contributed by atoms with Crippen molar-refractivity contribution in [3.63, 3.8) is 0 Å². The first-order chi connectivity index (χ1) is 11.3. The topological polar surface area (TPSA) is 64.3 Å². The highest BCUT2D eigenvalue weighted by molar-refractivity contribution is 7.20. The zero-order chi connectivity index (χ0) is 15.6. The van der Waals surface area contributed by atoms with Crippen LogP contribution in [0.5, 0.6) is 5.88 Å². The molecule has 3 heterocycles. The Kier molecular flexibility index (Phi) is 3.87. The predicted octanol–water partition coefficient (Wildman–Crippen LogP) is 3.43. The number of nitrogens with one attached hydrogen (secondary N) is 1. The Labute approximate surface area is 138 Å². The van der Waals surface area contributed by atoms with Crippen molar-refractivity contribution in [2.24, 2.45) is 0 Å². The van der Waals surface area contributed by atoms with Crippen LogP contribution in [-0.4, -0.2) is 25.7 Å². The Balaban J connectivity index is 1.46. The molecule has 0 spiro atoms. The van der Waals surface area contributed by atoms with Gasteiger partial charge in [-0.3, -0.25) is 0 Å². The summed E-state index contributed by atoms with van der Waals surface area (Å²) in [6, 6.07) is 3.99. The number of rotatable bonds is 5. The minimum Gasteiger partial charge on any atom is -0.474 e. The summed E-state index contributed by atoms with van der Waals surface area (Å²) in [6.07, 6.45) is 8.80. The second-order valence-corrected chi connectivity index (χ2v) is 6.82. The van der Waals surface area contributed by atoms with Crippen LogP contribution in [0.4, 0.5) is 5.13 Å². The van der Waals surface area contributed by atoms with Crippen molar-refractivity contribution in [2.75, 3.05) is 5.32 Å². The van der Waals surface area contributed by atoms with Gasteiger partial charge in [0, 0.05) is 18.3 Å². The summed E-state index contributed by atoms with van der Waals surface area (Å²) in [5.74, 6) is 0.740. The smallest absolute Gasteiger partial charge is 0.218 e. The van der Waals surface area contributed by atoms with E-state index in [0.29, 0.717) is 12.6 Å². The lowest BCUT2D eigenvalue weighted by Crippen LogP contribution is -2.14. The lowest BCUT2D eigenvalue weighted by molar-refractivity contribution is 0.199. The van der Waals surface area contributed by atoms with E-state index in [1.807, 2.05) is 29.8 Å². The molecule has 1 saturated carbocycles. The van der Waals surface area contributed by atoms with Crippen LogP contribution in [0.3, 0.4) is 0 Å². The number of nitrogens with zero attached hydrogens (tertiary/aromatic N) is 4. The van der Waals surface area contributed by atoms with Crippen LogP contribution in [0.15, 0.2) is 24.5 Å². The monoisotopic (exact) mass is 329 g/mol. The molecule has 0 radical (unpaired) electrons. The van der Waals surface area contributed by atoms with Crippen LogP contribution < -0.4 is 10.1 Å². The quantitative estimate of drug-likeness (QED) is 0.777. The Morgan fingerprint density at radius 1 is 1.39 bits per heavy atom. The molecule has 0 aromatic carbocycles. The van der Waals surface area contributed by atoms with Gasteiger partial charge in [-0.05, 0) is 38.7 Å². The molecule has 23 heavy (non-hydrogen) atoms. The summed E-state index contributed by atoms with van der Waals surface area (Å²) in [5, 5.41) is 8.68. The Bertz CT molecular complexity index is 774. The summed E-state index contributed by atoms with van der Waals surface area (Å²) in [6.45, 7) is 2.61. The molecule has 0 atom stereocenters. The second kappa shape index (κ2) is 6.16. The van der Waals surface area contributed by atoms with Crippen LogP contribution in [-0.2, 0) is 6.54 Å². The Morgan fingerprint density at radius 3 is 3.09 bits per heavy atom. The highest BCUT2D eigenvalue weighted by atomic mass is 32.1. The normalized spacial score (nSPS) is 15.3. The van der Waals surface area contributed by atoms with E-state index in [0.717, 1.165) is 40.1 Å². The number of aromatic nitrogens is 4. The fourth-order valence-corrected chi connectivity index (χ4v) is 3.70. The molecule has 3 aromatic rings. The van der Waals surface area contributed by atoms with Crippen LogP contribution >= 0.6 is 11.3 Å². The molecular weight excluding hydrogens is 310 g/mol. The summed E-state index contributed by atoms with van der Waals surface area (Å²) in [4.78, 5) is 9.72. The lowest BCUT2D eigenvalue weighted by Gasteiger charge is -2.15. The van der Waals surface area contributed by atoms with E-state index in [-0.39, 0.29) is 0 Å². The molecule has 0 saturated heterocycles. The maximum Gasteiger partial charge on any atom is 0.218 e. The fraction of sp³-hybridized carbons (Fsp3) is 0.438. The van der Waals surface area contributed by atoms with Crippen LogP contribution in [0, 0.1) is 6.92 Å². The zero-order valence-electron chi connectivity index (χ0n) is 13.0. The van der Waals surface area contributed by atoms with Crippen LogP contribution in [0.25, 0.3) is 4.96 Å². The maximum absolute atomic E-state index is 6.07. The minimum absolute atomic E-state index is 0.315. The van der Waals surface area contributed by atoms with E-state index < -0.39 is 0 Å². The molecule has 6 nitrogen and oxygen atoms in total. The summed E-state index contributed by atoms with van der Waals surface area (Å²) < 4.78 is 7.88. The molecule has 120 valence electrons. The molecule has 0 aliphatic heterocycles. The van der Waals surface area contributed by atoms with Crippen molar-refractivity contribution in [3.05, 3.63) is 35.8 Å². The van der Waals surface area contributed by atoms with Gasteiger partial charge in [-0.1, -0.05) is 17.4 Å². The van der Waals surface area contributed by atoms with Gasteiger partial charge in [0.1, 0.15) is 6.10 Å². The van der Waals surface area contributed by atoms with E-state index >= 15 is 0 Å². The van der Waals surface area contributed by atoms with Crippen molar-refractivity contribution in [1.82, 2.24) is 19.6 Å². The van der Waals surface area contributed by atoms with Crippen molar-refractivity contribution in [1.29, 1.82) is 0 Å². The highest BCUT2D eigenvalue weighted by Gasteiger charge is 2.18. The Hall–Kier alpha value is -2.15.